The number of fused-ring (bicyclic) bond motifs is 9. The van der Waals surface area contributed by atoms with Crippen molar-refractivity contribution in [2.75, 3.05) is 0 Å². The average Bonchev–Trinajstić information content (AvgIpc) is 0.793. The van der Waals surface area contributed by atoms with E-state index < -0.39 is 0 Å². The molecule has 15 rings (SSSR count). The first-order valence-electron chi connectivity index (χ1n) is 41.0. The van der Waals surface area contributed by atoms with Crippen LogP contribution in [0.25, 0.3) is 75.7 Å². The van der Waals surface area contributed by atoms with Gasteiger partial charge in [-0.1, -0.05) is 342 Å². The van der Waals surface area contributed by atoms with Gasteiger partial charge in [0.2, 0.25) is 0 Å². The number of hydrogen-bond acceptors (Lipinski definition) is 5. The van der Waals surface area contributed by atoms with Gasteiger partial charge in [0.05, 0.1) is 11.0 Å². The molecule has 0 bridgehead atoms. The molecule has 5 heterocycles. The number of benzene rings is 10. The Morgan fingerprint density at radius 3 is 1.00 bits per heavy atom. The second kappa shape index (κ2) is 62.2. The summed E-state index contributed by atoms with van der Waals surface area (Å²) in [6.07, 6.45) is 1.84. The summed E-state index contributed by atoms with van der Waals surface area (Å²) in [5, 5.41) is 16.0. The molecule has 5 aromatic heterocycles. The van der Waals surface area contributed by atoms with Crippen LogP contribution in [0.3, 0.4) is 0 Å². The molecule has 0 amide bonds. The summed E-state index contributed by atoms with van der Waals surface area (Å²) in [4.78, 5) is 15.8. The highest BCUT2D eigenvalue weighted by Gasteiger charge is 2.05. The topological polar surface area (TPSA) is 51.8 Å². The zero-order valence-electron chi connectivity index (χ0n) is 75.7. The van der Waals surface area contributed by atoms with Gasteiger partial charge in [0.1, 0.15) is 11.5 Å². The highest BCUT2D eigenvalue weighted by Crippen LogP contribution is 2.30. The van der Waals surface area contributed by atoms with E-state index in [0.717, 1.165) is 39.6 Å². The number of aryl methyl sites for hydroxylation is 16. The molecule has 4 nitrogen and oxygen atoms in total. The predicted molar refractivity (Wildman–Crippen MR) is 507 cm³/mol. The second-order valence-electron chi connectivity index (χ2n) is 23.8. The van der Waals surface area contributed by atoms with Crippen molar-refractivity contribution in [2.24, 2.45) is 0 Å². The molecule has 0 atom stereocenters. The van der Waals surface area contributed by atoms with Gasteiger partial charge in [0.25, 0.3) is 0 Å². The third-order valence-corrected chi connectivity index (χ3v) is 16.5. The van der Waals surface area contributed by atoms with E-state index in [1.54, 1.807) is 0 Å². The molecule has 15 aromatic rings. The van der Waals surface area contributed by atoms with E-state index >= 15 is 0 Å². The number of pyridine rings is 3. The Bertz CT molecular complexity index is 4640. The number of thiophene rings is 1. The Balaban J connectivity index is -0.00000116. The molecular formula is C105H147N3OS. The first-order chi connectivity index (χ1) is 53.2. The lowest BCUT2D eigenvalue weighted by molar-refractivity contribution is 0.504. The van der Waals surface area contributed by atoms with Crippen LogP contribution in [0, 0.1) is 111 Å². The van der Waals surface area contributed by atoms with Gasteiger partial charge < -0.3 is 4.42 Å². The molecular weight excluding hydrogens is 1350 g/mol. The van der Waals surface area contributed by atoms with E-state index in [-0.39, 0.29) is 0 Å². The SMILES string of the molecule is CC.CC.CC.CC.CC.CC.CC.CC.CC.CC.Cc1cc(C)c2ccccc2n1.Cc1ccc(C)c2ncccc12.Cc1ccc(C)o1.Cc1ccc(C)s1.Cc1ccc2c(ccc3cc(C)ccc32)c1.Cc1ccc2cc(C)c3ccccc3c2c1.Cc1ccc2cc(C)ccc2c1.Cc1cccc(C)n1. The van der Waals surface area contributed by atoms with Crippen LogP contribution in [-0.4, -0.2) is 15.0 Å². The minimum absolute atomic E-state index is 0.984. The first-order valence-corrected chi connectivity index (χ1v) is 41.9. The Morgan fingerprint density at radius 1 is 0.227 bits per heavy atom. The maximum Gasteiger partial charge on any atom is 0.101 e. The summed E-state index contributed by atoms with van der Waals surface area (Å²) in [6, 6.07) is 81.3. The van der Waals surface area contributed by atoms with Gasteiger partial charge in [0, 0.05) is 43.8 Å². The molecule has 0 aliphatic carbocycles. The molecule has 0 aliphatic rings. The maximum atomic E-state index is 5.08. The molecule has 0 unspecified atom stereocenters. The van der Waals surface area contributed by atoms with Crippen molar-refractivity contribution in [3.05, 3.63) is 325 Å². The second-order valence-corrected chi connectivity index (χ2v) is 25.3. The predicted octanol–water partition coefficient (Wildman–Crippen LogP) is 34.6. The van der Waals surface area contributed by atoms with Gasteiger partial charge in [-0.3, -0.25) is 15.0 Å². The van der Waals surface area contributed by atoms with Crippen molar-refractivity contribution in [1.29, 1.82) is 0 Å². The highest BCUT2D eigenvalue weighted by molar-refractivity contribution is 7.11. The van der Waals surface area contributed by atoms with E-state index in [1.807, 2.05) is 239 Å². The summed E-state index contributed by atoms with van der Waals surface area (Å²) in [5.41, 5.74) is 17.3. The molecule has 0 N–H and O–H groups in total. The summed E-state index contributed by atoms with van der Waals surface area (Å²) >= 11 is 1.84. The third-order valence-electron chi connectivity index (χ3n) is 15.5. The fraction of sp³-hybridized carbons (Fsp3) is 0.343. The summed E-state index contributed by atoms with van der Waals surface area (Å²) < 4.78 is 5.08. The van der Waals surface area contributed by atoms with Crippen molar-refractivity contribution >= 4 is 87.0 Å². The number of aromatic nitrogens is 3. The number of para-hydroxylation sites is 1. The quantitative estimate of drug-likeness (QED) is 0.142. The van der Waals surface area contributed by atoms with Crippen LogP contribution < -0.4 is 0 Å². The fourth-order valence-electron chi connectivity index (χ4n) is 11.0. The van der Waals surface area contributed by atoms with Gasteiger partial charge in [-0.25, -0.2) is 0 Å². The lowest BCUT2D eigenvalue weighted by atomic mass is 9.97. The molecule has 0 fully saturated rings. The van der Waals surface area contributed by atoms with E-state index in [1.165, 1.54) is 124 Å². The van der Waals surface area contributed by atoms with Gasteiger partial charge in [-0.15, -0.1) is 11.3 Å². The smallest absolute Gasteiger partial charge is 0.101 e. The van der Waals surface area contributed by atoms with Crippen LogP contribution in [0.5, 0.6) is 0 Å². The first kappa shape index (κ1) is 105. The maximum absolute atomic E-state index is 5.08. The van der Waals surface area contributed by atoms with Crippen molar-refractivity contribution in [3.63, 3.8) is 0 Å². The largest absolute Gasteiger partial charge is 0.467 e. The molecule has 0 aliphatic heterocycles. The van der Waals surface area contributed by atoms with Crippen LogP contribution >= 0.6 is 11.3 Å². The van der Waals surface area contributed by atoms with Crippen LogP contribution in [0.2, 0.25) is 0 Å². The molecule has 0 spiro atoms. The standard InChI is InChI=1S/2C16H14.C12H12.2C11H11N.C7H9N.C6H8O.C6H8S.10C2H6/c1-11-3-7-15-13(9-11)5-6-14-10-12(2)4-8-16(14)15;1-11-7-8-13-10-12(2)14-5-3-4-6-15(14)16(13)9-11;1-9-3-5-12-8-10(2)4-6-11(12)7-9;1-8-5-6-9(2)11-10(8)4-3-7-12-11;1-8-7-9(2)12-11-6-4-3-5-10(8)11;1-6-4-3-5-7(2)8-6;2*1-5-3-4-6(2)7-5;10*1-2/h2*3-10H,1-2H3;3-8H,1-2H3;2*3-7H,1-2H3;3-5H,1-2H3;2*3-4H,1-2H3;10*1-2H3. The zero-order chi connectivity index (χ0) is 84.4. The van der Waals surface area contributed by atoms with Crippen molar-refractivity contribution in [2.45, 2.75) is 249 Å². The summed E-state index contributed by atoms with van der Waals surface area (Å²) in [5.74, 6) is 1.97. The van der Waals surface area contributed by atoms with Crippen molar-refractivity contribution < 1.29 is 4.42 Å². The van der Waals surface area contributed by atoms with Crippen LogP contribution in [0.15, 0.2) is 241 Å². The lowest BCUT2D eigenvalue weighted by Crippen LogP contribution is -1.85. The molecule has 10 aromatic carbocycles. The van der Waals surface area contributed by atoms with Crippen LogP contribution in [0.1, 0.15) is 227 Å². The lowest BCUT2D eigenvalue weighted by Gasteiger charge is -2.07. The number of hydrogen-bond donors (Lipinski definition) is 0. The van der Waals surface area contributed by atoms with Gasteiger partial charge in [-0.2, -0.15) is 0 Å². The third kappa shape index (κ3) is 37.2. The fourth-order valence-corrected chi connectivity index (χ4v) is 11.7. The Hall–Kier alpha value is -9.55. The average molecular weight is 1500 g/mol. The van der Waals surface area contributed by atoms with E-state index in [4.69, 9.17) is 4.42 Å². The Labute approximate surface area is 676 Å². The number of nitrogens with zero attached hydrogens (tertiary/aromatic N) is 3. The van der Waals surface area contributed by atoms with Gasteiger partial charge in [0.15, 0.2) is 0 Å². The van der Waals surface area contributed by atoms with E-state index in [0.29, 0.717) is 0 Å². The molecule has 110 heavy (non-hydrogen) atoms. The Morgan fingerprint density at radius 2 is 0.591 bits per heavy atom. The van der Waals surface area contributed by atoms with E-state index in [2.05, 4.69) is 273 Å². The number of furan rings is 1. The minimum Gasteiger partial charge on any atom is -0.467 e. The molecule has 594 valence electrons. The zero-order valence-corrected chi connectivity index (χ0v) is 76.5. The molecule has 0 saturated carbocycles. The van der Waals surface area contributed by atoms with Crippen molar-refractivity contribution in [3.8, 4) is 0 Å². The summed E-state index contributed by atoms with van der Waals surface area (Å²) in [7, 11) is 0. The van der Waals surface area contributed by atoms with Crippen LogP contribution in [0.4, 0.5) is 0 Å². The Kier molecular flexibility index (Phi) is 59.2. The monoisotopic (exact) mass is 1500 g/mol. The molecule has 5 heteroatoms. The number of rotatable bonds is 0. The van der Waals surface area contributed by atoms with Gasteiger partial charge in [-0.05, 0) is 241 Å². The molecule has 0 radical (unpaired) electrons. The van der Waals surface area contributed by atoms with Crippen molar-refractivity contribution in [1.82, 2.24) is 15.0 Å². The highest BCUT2D eigenvalue weighted by atomic mass is 32.1. The summed E-state index contributed by atoms with van der Waals surface area (Å²) in [6.45, 7) is 73.3. The minimum atomic E-state index is 0.984. The van der Waals surface area contributed by atoms with Gasteiger partial charge >= 0.3 is 0 Å². The van der Waals surface area contributed by atoms with Crippen LogP contribution in [-0.2, 0) is 0 Å². The molecule has 0 saturated heterocycles. The normalized spacial score (nSPS) is 9.09. The van der Waals surface area contributed by atoms with E-state index in [9.17, 15) is 0 Å².